The van der Waals surface area contributed by atoms with Crippen molar-refractivity contribution < 1.29 is 18.7 Å². The molecular weight excluding hydrogens is 226 g/mol. The van der Waals surface area contributed by atoms with Crippen LogP contribution in [0.4, 0.5) is 8.78 Å². The smallest absolute Gasteiger partial charge is 0.267 e. The summed E-state index contributed by atoms with van der Waals surface area (Å²) >= 11 is 5.36. The summed E-state index contributed by atoms with van der Waals surface area (Å²) in [4.78, 5) is 11.3. The average molecular weight is 235 g/mol. The van der Waals surface area contributed by atoms with Gasteiger partial charge >= 0.3 is 0 Å². The molecular formula is C10H9ClF2O2. The van der Waals surface area contributed by atoms with Crippen molar-refractivity contribution in [1.29, 1.82) is 0 Å². The number of hydrogen-bond acceptors (Lipinski definition) is 2. The Morgan fingerprint density at radius 1 is 1.47 bits per heavy atom. The molecule has 0 bridgehead atoms. The molecule has 5 heteroatoms. The Morgan fingerprint density at radius 3 is 2.60 bits per heavy atom. The van der Waals surface area contributed by atoms with Crippen LogP contribution in [0, 0.1) is 0 Å². The Kier molecular flexibility index (Phi) is 4.03. The SMILES string of the molecule is O=C(CCCl)c1ccc(C(F)F)c(O)c1. The predicted molar refractivity (Wildman–Crippen MR) is 52.7 cm³/mol. The second kappa shape index (κ2) is 5.07. The minimum absolute atomic E-state index is 0.120. The first-order valence-corrected chi connectivity index (χ1v) is 4.80. The van der Waals surface area contributed by atoms with Gasteiger partial charge in [0.05, 0.1) is 5.56 Å². The van der Waals surface area contributed by atoms with Crippen LogP contribution < -0.4 is 0 Å². The standard InChI is InChI=1S/C10H9ClF2O2/c11-4-3-8(14)6-1-2-7(10(12)13)9(15)5-6/h1-2,5,10,15H,3-4H2. The number of carbonyl (C=O) groups is 1. The number of phenols is 1. The molecule has 0 aliphatic heterocycles. The fourth-order valence-corrected chi connectivity index (χ4v) is 1.30. The van der Waals surface area contributed by atoms with Crippen LogP contribution in [-0.2, 0) is 0 Å². The third-order valence-electron chi connectivity index (χ3n) is 1.91. The summed E-state index contributed by atoms with van der Waals surface area (Å²) in [6.07, 6.45) is -2.63. The summed E-state index contributed by atoms with van der Waals surface area (Å²) in [5, 5.41) is 9.21. The number of alkyl halides is 3. The molecule has 0 aromatic heterocycles. The van der Waals surface area contributed by atoms with Gasteiger partial charge in [-0.15, -0.1) is 11.6 Å². The van der Waals surface area contributed by atoms with E-state index in [2.05, 4.69) is 0 Å². The predicted octanol–water partition coefficient (Wildman–Crippen LogP) is 3.14. The molecule has 0 aliphatic rings. The lowest BCUT2D eigenvalue weighted by Crippen LogP contribution is -2.00. The van der Waals surface area contributed by atoms with Crippen molar-refractivity contribution in [2.24, 2.45) is 0 Å². The van der Waals surface area contributed by atoms with E-state index in [0.717, 1.165) is 12.1 Å². The fourth-order valence-electron chi connectivity index (χ4n) is 1.13. The molecule has 82 valence electrons. The molecule has 0 amide bonds. The van der Waals surface area contributed by atoms with Gasteiger partial charge in [-0.05, 0) is 12.1 Å². The normalized spacial score (nSPS) is 10.7. The molecule has 0 heterocycles. The van der Waals surface area contributed by atoms with Crippen molar-refractivity contribution in [2.75, 3.05) is 5.88 Å². The third-order valence-corrected chi connectivity index (χ3v) is 2.10. The van der Waals surface area contributed by atoms with Crippen LogP contribution in [0.1, 0.15) is 28.8 Å². The highest BCUT2D eigenvalue weighted by Gasteiger charge is 2.14. The fraction of sp³-hybridized carbons (Fsp3) is 0.300. The maximum Gasteiger partial charge on any atom is 0.267 e. The van der Waals surface area contributed by atoms with Crippen LogP contribution in [0.25, 0.3) is 0 Å². The topological polar surface area (TPSA) is 37.3 Å². The molecule has 1 aromatic rings. The molecule has 0 unspecified atom stereocenters. The van der Waals surface area contributed by atoms with Gasteiger partial charge in [0, 0.05) is 17.9 Å². The Hall–Kier alpha value is -1.16. The summed E-state index contributed by atoms with van der Waals surface area (Å²) in [5.41, 5.74) is -0.282. The molecule has 0 saturated carbocycles. The van der Waals surface area contributed by atoms with Crippen molar-refractivity contribution in [3.05, 3.63) is 29.3 Å². The third kappa shape index (κ3) is 2.89. The zero-order valence-electron chi connectivity index (χ0n) is 7.71. The average Bonchev–Trinajstić information content (AvgIpc) is 2.17. The van der Waals surface area contributed by atoms with Crippen LogP contribution in [-0.4, -0.2) is 16.8 Å². The van der Waals surface area contributed by atoms with E-state index in [0.29, 0.717) is 0 Å². The molecule has 1 rings (SSSR count). The van der Waals surface area contributed by atoms with E-state index in [-0.39, 0.29) is 23.6 Å². The quantitative estimate of drug-likeness (QED) is 0.642. The van der Waals surface area contributed by atoms with Gasteiger partial charge in [-0.3, -0.25) is 4.79 Å². The Labute approximate surface area is 90.5 Å². The molecule has 1 N–H and O–H groups in total. The largest absolute Gasteiger partial charge is 0.507 e. The Morgan fingerprint density at radius 2 is 2.13 bits per heavy atom. The van der Waals surface area contributed by atoms with Gasteiger partial charge in [0.15, 0.2) is 5.78 Å². The molecule has 0 radical (unpaired) electrons. The molecule has 0 aliphatic carbocycles. The first kappa shape index (κ1) is 11.9. The number of ketones is 1. The first-order chi connectivity index (χ1) is 7.06. The maximum absolute atomic E-state index is 12.2. The van der Waals surface area contributed by atoms with Crippen LogP contribution in [0.2, 0.25) is 0 Å². The molecule has 0 atom stereocenters. The van der Waals surface area contributed by atoms with Gasteiger partial charge in [-0.25, -0.2) is 8.78 Å². The van der Waals surface area contributed by atoms with Crippen molar-refractivity contribution in [2.45, 2.75) is 12.8 Å². The molecule has 0 spiro atoms. The first-order valence-electron chi connectivity index (χ1n) is 4.26. The summed E-state index contributed by atoms with van der Waals surface area (Å²) < 4.78 is 24.5. The number of aromatic hydroxyl groups is 1. The van der Waals surface area contributed by atoms with Gasteiger partial charge in [0.25, 0.3) is 6.43 Å². The molecule has 0 fully saturated rings. The molecule has 1 aromatic carbocycles. The number of halogens is 3. The van der Waals surface area contributed by atoms with Crippen molar-refractivity contribution in [3.63, 3.8) is 0 Å². The van der Waals surface area contributed by atoms with E-state index in [1.165, 1.54) is 6.07 Å². The van der Waals surface area contributed by atoms with Gasteiger partial charge in [0.2, 0.25) is 0 Å². The number of phenolic OH excluding ortho intramolecular Hbond substituents is 1. The minimum Gasteiger partial charge on any atom is -0.507 e. The number of hydrogen-bond donors (Lipinski definition) is 1. The zero-order valence-corrected chi connectivity index (χ0v) is 8.47. The number of rotatable bonds is 4. The second-order valence-corrected chi connectivity index (χ2v) is 3.31. The van der Waals surface area contributed by atoms with Crippen molar-refractivity contribution in [1.82, 2.24) is 0 Å². The zero-order chi connectivity index (χ0) is 11.4. The van der Waals surface area contributed by atoms with Crippen LogP contribution in [0.15, 0.2) is 18.2 Å². The molecule has 2 nitrogen and oxygen atoms in total. The monoisotopic (exact) mass is 234 g/mol. The Balaban J connectivity index is 2.96. The number of carbonyl (C=O) groups excluding carboxylic acids is 1. The van der Waals surface area contributed by atoms with Crippen molar-refractivity contribution >= 4 is 17.4 Å². The summed E-state index contributed by atoms with van der Waals surface area (Å²) in [7, 11) is 0. The van der Waals surface area contributed by atoms with Crippen molar-refractivity contribution in [3.8, 4) is 5.75 Å². The highest BCUT2D eigenvalue weighted by atomic mass is 35.5. The summed E-state index contributed by atoms with van der Waals surface area (Å²) in [6.45, 7) is 0. The highest BCUT2D eigenvalue weighted by molar-refractivity contribution is 6.19. The lowest BCUT2D eigenvalue weighted by atomic mass is 10.1. The van der Waals surface area contributed by atoms with Gasteiger partial charge in [-0.1, -0.05) is 6.07 Å². The van der Waals surface area contributed by atoms with Gasteiger partial charge < -0.3 is 5.11 Å². The maximum atomic E-state index is 12.2. The summed E-state index contributed by atoms with van der Waals surface area (Å²) in [5.74, 6) is -0.678. The second-order valence-electron chi connectivity index (χ2n) is 2.94. The van der Waals surface area contributed by atoms with E-state index in [1.54, 1.807) is 0 Å². The highest BCUT2D eigenvalue weighted by Crippen LogP contribution is 2.28. The molecule has 0 saturated heterocycles. The molecule has 15 heavy (non-hydrogen) atoms. The Bertz CT molecular complexity index is 366. The van der Waals surface area contributed by atoms with Crippen LogP contribution in [0.5, 0.6) is 5.75 Å². The van der Waals surface area contributed by atoms with Crippen LogP contribution in [0.3, 0.4) is 0 Å². The van der Waals surface area contributed by atoms with E-state index >= 15 is 0 Å². The lowest BCUT2D eigenvalue weighted by Gasteiger charge is -2.05. The van der Waals surface area contributed by atoms with E-state index in [1.807, 2.05) is 0 Å². The lowest BCUT2D eigenvalue weighted by molar-refractivity contribution is 0.0988. The van der Waals surface area contributed by atoms with E-state index in [4.69, 9.17) is 11.6 Å². The number of Topliss-reactive ketones (excluding diaryl/α,β-unsaturated/α-hetero) is 1. The van der Waals surface area contributed by atoms with E-state index < -0.39 is 17.7 Å². The van der Waals surface area contributed by atoms with Crippen LogP contribution >= 0.6 is 11.6 Å². The minimum atomic E-state index is -2.75. The van der Waals surface area contributed by atoms with Gasteiger partial charge in [0.1, 0.15) is 5.75 Å². The number of benzene rings is 1. The van der Waals surface area contributed by atoms with Gasteiger partial charge in [-0.2, -0.15) is 0 Å². The van der Waals surface area contributed by atoms with E-state index in [9.17, 15) is 18.7 Å². The summed E-state index contributed by atoms with van der Waals surface area (Å²) in [6, 6.07) is 3.34.